The van der Waals surface area contributed by atoms with Gasteiger partial charge in [-0.1, -0.05) is 127 Å². The Kier molecular flexibility index (Phi) is 12.9. The molecule has 1 aliphatic rings. The molecule has 0 spiro atoms. The highest BCUT2D eigenvalue weighted by molar-refractivity contribution is 5.88. The number of allylic oxidation sites excluding steroid dienone is 4. The molecular formula is C53H44O11. The molecule has 322 valence electrons. The Morgan fingerprint density at radius 1 is 0.500 bits per heavy atom. The molecule has 1 aliphatic carbocycles. The van der Waals surface area contributed by atoms with Crippen molar-refractivity contribution in [3.05, 3.63) is 231 Å². The maximum atomic E-state index is 12.1. The molecule has 0 fully saturated rings. The van der Waals surface area contributed by atoms with Crippen molar-refractivity contribution in [1.82, 2.24) is 0 Å². The first-order valence-electron chi connectivity index (χ1n) is 20.1. The van der Waals surface area contributed by atoms with Crippen LogP contribution in [0, 0.1) is 0 Å². The Morgan fingerprint density at radius 3 is 1.52 bits per heavy atom. The van der Waals surface area contributed by atoms with Crippen LogP contribution >= 0.6 is 0 Å². The maximum absolute atomic E-state index is 12.1. The quantitative estimate of drug-likeness (QED) is 0.0544. The summed E-state index contributed by atoms with van der Waals surface area (Å²) in [6.45, 7) is 0. The molecule has 1 unspecified atom stereocenters. The Hall–Kier alpha value is -8.57. The molecule has 0 amide bonds. The van der Waals surface area contributed by atoms with E-state index in [0.29, 0.717) is 24.2 Å². The van der Waals surface area contributed by atoms with Crippen molar-refractivity contribution in [1.29, 1.82) is 0 Å². The van der Waals surface area contributed by atoms with Gasteiger partial charge in [-0.25, -0.2) is 0 Å². The van der Waals surface area contributed by atoms with Gasteiger partial charge in [-0.3, -0.25) is 4.79 Å². The van der Waals surface area contributed by atoms with Gasteiger partial charge in [-0.05, 0) is 76.7 Å². The summed E-state index contributed by atoms with van der Waals surface area (Å²) in [5, 5.41) is 85.5. The molecule has 1 aromatic heterocycles. The Bertz CT molecular complexity index is 2890. The molecule has 8 aromatic rings. The lowest BCUT2D eigenvalue weighted by molar-refractivity contribution is 0.365. The van der Waals surface area contributed by atoms with Gasteiger partial charge in [0.2, 0.25) is 11.5 Å². The van der Waals surface area contributed by atoms with Crippen molar-refractivity contribution < 1.29 is 50.4 Å². The minimum atomic E-state index is -0.724. The summed E-state index contributed by atoms with van der Waals surface area (Å²) in [7, 11) is 0. The van der Waals surface area contributed by atoms with E-state index in [4.69, 9.17) is 9.52 Å². The summed E-state index contributed by atoms with van der Waals surface area (Å²) < 4.78 is 5.58. The van der Waals surface area contributed by atoms with Crippen LogP contribution in [0.3, 0.4) is 0 Å². The van der Waals surface area contributed by atoms with Gasteiger partial charge < -0.3 is 50.4 Å². The van der Waals surface area contributed by atoms with Gasteiger partial charge in [-0.15, -0.1) is 0 Å². The zero-order chi connectivity index (χ0) is 45.4. The summed E-state index contributed by atoms with van der Waals surface area (Å²) in [5.41, 5.74) is 4.73. The maximum Gasteiger partial charge on any atom is 0.201 e. The van der Waals surface area contributed by atoms with E-state index in [0.717, 1.165) is 33.9 Å². The molecule has 0 saturated heterocycles. The number of rotatable bonds is 7. The highest BCUT2D eigenvalue weighted by atomic mass is 16.4. The first-order chi connectivity index (χ1) is 30.9. The summed E-state index contributed by atoms with van der Waals surface area (Å²) in [6, 6.07) is 47.2. The van der Waals surface area contributed by atoms with Crippen LogP contribution in [-0.4, -0.2) is 46.0 Å². The highest BCUT2D eigenvalue weighted by Crippen LogP contribution is 2.46. The van der Waals surface area contributed by atoms with Gasteiger partial charge in [0.25, 0.3) is 0 Å². The Morgan fingerprint density at radius 2 is 1.00 bits per heavy atom. The first kappa shape index (κ1) is 43.5. The van der Waals surface area contributed by atoms with Crippen molar-refractivity contribution in [2.75, 3.05) is 0 Å². The molecule has 1 heterocycles. The summed E-state index contributed by atoms with van der Waals surface area (Å²) in [5.74, 6) is -2.07. The topological polar surface area (TPSA) is 212 Å². The lowest BCUT2D eigenvalue weighted by Gasteiger charge is -2.36. The largest absolute Gasteiger partial charge is 0.508 e. The lowest BCUT2D eigenvalue weighted by atomic mass is 9.65. The fourth-order valence-electron chi connectivity index (χ4n) is 7.66. The fraction of sp³-hybridized carbons (Fsp3) is 0.0755. The van der Waals surface area contributed by atoms with Crippen LogP contribution in [0.2, 0.25) is 0 Å². The third-order valence-corrected chi connectivity index (χ3v) is 10.9. The molecule has 0 aliphatic heterocycles. The molecular weight excluding hydrogens is 813 g/mol. The minimum absolute atomic E-state index is 0.0447. The van der Waals surface area contributed by atoms with Crippen molar-refractivity contribution in [2.45, 2.75) is 24.2 Å². The Balaban J connectivity index is 0.000000148. The second-order valence-corrected chi connectivity index (χ2v) is 15.0. The highest BCUT2D eigenvalue weighted by Gasteiger charge is 2.38. The van der Waals surface area contributed by atoms with Crippen LogP contribution in [-0.2, 0) is 11.8 Å². The van der Waals surface area contributed by atoms with Gasteiger partial charge in [0.15, 0.2) is 28.4 Å². The average Bonchev–Trinajstić information content (AvgIpc) is 3.32. The molecule has 1 atom stereocenters. The van der Waals surface area contributed by atoms with E-state index in [1.54, 1.807) is 48.5 Å². The monoisotopic (exact) mass is 856 g/mol. The number of hydrogen-bond acceptors (Lipinski definition) is 11. The van der Waals surface area contributed by atoms with Gasteiger partial charge >= 0.3 is 0 Å². The zero-order valence-electron chi connectivity index (χ0n) is 34.2. The van der Waals surface area contributed by atoms with Crippen LogP contribution in [0.15, 0.2) is 191 Å². The predicted molar refractivity (Wildman–Crippen MR) is 244 cm³/mol. The van der Waals surface area contributed by atoms with Crippen molar-refractivity contribution in [2.24, 2.45) is 0 Å². The average molecular weight is 857 g/mol. The second kappa shape index (κ2) is 19.0. The van der Waals surface area contributed by atoms with E-state index in [2.05, 4.69) is 24.3 Å². The number of fused-ring (bicyclic) bond motifs is 1. The number of benzene rings is 7. The molecule has 7 aromatic carbocycles. The molecule has 11 heteroatoms. The van der Waals surface area contributed by atoms with E-state index < -0.39 is 33.8 Å². The van der Waals surface area contributed by atoms with E-state index in [9.17, 15) is 45.6 Å². The predicted octanol–water partition coefficient (Wildman–Crippen LogP) is 10.1. The van der Waals surface area contributed by atoms with Gasteiger partial charge in [0.1, 0.15) is 34.0 Å². The fourth-order valence-corrected chi connectivity index (χ4v) is 7.66. The van der Waals surface area contributed by atoms with Crippen molar-refractivity contribution in [3.8, 4) is 51.7 Å². The molecule has 64 heavy (non-hydrogen) atoms. The summed E-state index contributed by atoms with van der Waals surface area (Å²) >= 11 is 0. The van der Waals surface area contributed by atoms with Crippen LogP contribution in [0.1, 0.15) is 51.5 Å². The molecule has 0 radical (unpaired) electrons. The number of phenols is 9. The molecule has 11 nitrogen and oxygen atoms in total. The second-order valence-electron chi connectivity index (χ2n) is 15.0. The summed E-state index contributed by atoms with van der Waals surface area (Å²) in [4.78, 5) is 12.1. The smallest absolute Gasteiger partial charge is 0.201 e. The van der Waals surface area contributed by atoms with Crippen LogP contribution in [0.4, 0.5) is 0 Å². The Labute approximate surface area is 367 Å². The van der Waals surface area contributed by atoms with Crippen LogP contribution < -0.4 is 5.43 Å². The van der Waals surface area contributed by atoms with Crippen molar-refractivity contribution >= 4 is 11.0 Å². The standard InChI is InChI=1S/C25H20O2.C15H12O5.C13H12O4/c26-23-15-11-21(12-16-23)25(19-7-3-1-4-8-19,20-9-5-2-6-10-20)22-13-17-24(27)18-14-22;16-9-6-11(8-4-2-1-3-5-8)20-12-7-10(17)14(18)15(19)13(9)12;14-10-4-1-8(2-5-10)7-9-3-6-11(15)13(17)12(9)16/h1-18,26-27H;1-4,6-8,17-19H,5H2;1-6,14-17H,7H2. The van der Waals surface area contributed by atoms with E-state index in [-0.39, 0.29) is 45.6 Å². The van der Waals surface area contributed by atoms with Crippen LogP contribution in [0.25, 0.3) is 11.0 Å². The molecule has 0 saturated carbocycles. The number of phenolic OH excluding ortho intramolecular Hbond substituents is 9. The van der Waals surface area contributed by atoms with E-state index in [1.807, 2.05) is 85.0 Å². The molecule has 9 rings (SSSR count). The summed E-state index contributed by atoms with van der Waals surface area (Å²) in [6.07, 6.45) is 8.75. The number of aromatic hydroxyl groups is 9. The third-order valence-electron chi connectivity index (χ3n) is 10.9. The normalized spacial score (nSPS) is 13.0. The van der Waals surface area contributed by atoms with E-state index >= 15 is 0 Å². The SMILES string of the molecule is O=c1cc(C2C=CC=CC2)oc2cc(O)c(O)c(O)c12.Oc1ccc(C(c2ccccc2)(c2ccccc2)c2ccc(O)cc2)cc1.Oc1ccc(Cc2ccc(O)c(O)c2O)cc1. The van der Waals surface area contributed by atoms with Gasteiger partial charge in [-0.2, -0.15) is 0 Å². The first-order valence-corrected chi connectivity index (χ1v) is 20.1. The van der Waals surface area contributed by atoms with Crippen molar-refractivity contribution in [3.63, 3.8) is 0 Å². The molecule has 9 N–H and O–H groups in total. The van der Waals surface area contributed by atoms with Gasteiger partial charge in [0.05, 0.1) is 5.41 Å². The zero-order valence-corrected chi connectivity index (χ0v) is 34.2. The minimum Gasteiger partial charge on any atom is -0.508 e. The van der Waals surface area contributed by atoms with Gasteiger partial charge in [0, 0.05) is 30.0 Å². The van der Waals surface area contributed by atoms with Crippen LogP contribution in [0.5, 0.6) is 51.7 Å². The lowest BCUT2D eigenvalue weighted by Crippen LogP contribution is -2.30. The molecule has 0 bridgehead atoms. The van der Waals surface area contributed by atoms with E-state index in [1.165, 1.54) is 18.2 Å². The number of hydrogen-bond donors (Lipinski definition) is 9. The third kappa shape index (κ3) is 9.19.